The molecule has 4 heteroatoms. The minimum atomic E-state index is 0.0794. The summed E-state index contributed by atoms with van der Waals surface area (Å²) in [6.07, 6.45) is 4.38. The van der Waals surface area contributed by atoms with Crippen molar-refractivity contribution >= 4 is 5.91 Å². The van der Waals surface area contributed by atoms with E-state index < -0.39 is 0 Å². The Morgan fingerprint density at radius 2 is 2.42 bits per heavy atom. The van der Waals surface area contributed by atoms with E-state index in [-0.39, 0.29) is 12.0 Å². The molecule has 104 valence electrons. The van der Waals surface area contributed by atoms with Gasteiger partial charge in [-0.2, -0.15) is 0 Å². The van der Waals surface area contributed by atoms with Crippen LogP contribution in [0, 0.1) is 5.92 Å². The molecule has 0 N–H and O–H groups in total. The number of ether oxygens (including phenoxy) is 1. The molecule has 4 nitrogen and oxygen atoms in total. The Labute approximate surface area is 114 Å². The third-order valence-corrected chi connectivity index (χ3v) is 3.64. The minimum Gasteiger partial charge on any atom is -0.472 e. The number of rotatable bonds is 5. The van der Waals surface area contributed by atoms with E-state index in [4.69, 9.17) is 4.74 Å². The number of carbonyl (C=O) groups is 1. The molecule has 1 aliphatic heterocycles. The Balaban J connectivity index is 1.81. The maximum absolute atomic E-state index is 12.1. The van der Waals surface area contributed by atoms with Crippen LogP contribution in [0.3, 0.4) is 0 Å². The first kappa shape index (κ1) is 13.8. The highest BCUT2D eigenvalue weighted by Crippen LogP contribution is 2.18. The van der Waals surface area contributed by atoms with E-state index >= 15 is 0 Å². The summed E-state index contributed by atoms with van der Waals surface area (Å²) in [5.74, 6) is 1.36. The van der Waals surface area contributed by atoms with Crippen molar-refractivity contribution in [2.45, 2.75) is 39.2 Å². The molecule has 19 heavy (non-hydrogen) atoms. The molecular formula is C15H22N2O2. The van der Waals surface area contributed by atoms with Gasteiger partial charge in [0.2, 0.25) is 11.8 Å². The number of pyridine rings is 1. The topological polar surface area (TPSA) is 42.4 Å². The summed E-state index contributed by atoms with van der Waals surface area (Å²) >= 11 is 0. The summed E-state index contributed by atoms with van der Waals surface area (Å²) in [5, 5.41) is 0. The van der Waals surface area contributed by atoms with Crippen molar-refractivity contribution in [1.29, 1.82) is 0 Å². The van der Waals surface area contributed by atoms with Crippen molar-refractivity contribution in [2.75, 3.05) is 13.1 Å². The fraction of sp³-hybridized carbons (Fsp3) is 0.600. The van der Waals surface area contributed by atoms with Gasteiger partial charge in [-0.25, -0.2) is 4.98 Å². The van der Waals surface area contributed by atoms with Crippen LogP contribution in [0.2, 0.25) is 0 Å². The largest absolute Gasteiger partial charge is 0.472 e. The maximum atomic E-state index is 12.1. The fourth-order valence-corrected chi connectivity index (χ4v) is 2.21. The van der Waals surface area contributed by atoms with Gasteiger partial charge in [0.05, 0.1) is 6.54 Å². The molecule has 2 unspecified atom stereocenters. The molecule has 1 amide bonds. The molecule has 1 aromatic heterocycles. The molecule has 0 bridgehead atoms. The van der Waals surface area contributed by atoms with Crippen LogP contribution in [0.4, 0.5) is 0 Å². The Hall–Kier alpha value is -1.58. The third-order valence-electron chi connectivity index (χ3n) is 3.64. The van der Waals surface area contributed by atoms with E-state index in [0.717, 1.165) is 19.4 Å². The summed E-state index contributed by atoms with van der Waals surface area (Å²) in [4.78, 5) is 18.1. The van der Waals surface area contributed by atoms with Crippen molar-refractivity contribution < 1.29 is 9.53 Å². The summed E-state index contributed by atoms with van der Waals surface area (Å²) in [6, 6.07) is 5.62. The SMILES string of the molecule is CCC(C)CC(=O)N1CCC(Oc2ccccn2)C1. The molecule has 1 aromatic rings. The number of likely N-dealkylation sites (tertiary alicyclic amines) is 1. The highest BCUT2D eigenvalue weighted by atomic mass is 16.5. The Kier molecular flexibility index (Phi) is 4.77. The normalized spacial score (nSPS) is 20.3. The van der Waals surface area contributed by atoms with E-state index in [1.165, 1.54) is 0 Å². The van der Waals surface area contributed by atoms with Crippen LogP contribution in [-0.2, 0) is 4.79 Å². The van der Waals surface area contributed by atoms with E-state index in [2.05, 4.69) is 18.8 Å². The van der Waals surface area contributed by atoms with Gasteiger partial charge >= 0.3 is 0 Å². The lowest BCUT2D eigenvalue weighted by Crippen LogP contribution is -2.31. The second-order valence-electron chi connectivity index (χ2n) is 5.25. The molecule has 1 fully saturated rings. The smallest absolute Gasteiger partial charge is 0.222 e. The zero-order valence-corrected chi connectivity index (χ0v) is 11.7. The molecule has 0 aromatic carbocycles. The molecule has 1 saturated heterocycles. The van der Waals surface area contributed by atoms with Crippen LogP contribution in [0.5, 0.6) is 5.88 Å². The summed E-state index contributed by atoms with van der Waals surface area (Å²) in [6.45, 7) is 5.73. The lowest BCUT2D eigenvalue weighted by Gasteiger charge is -2.18. The lowest BCUT2D eigenvalue weighted by molar-refractivity contribution is -0.131. The molecule has 0 saturated carbocycles. The second-order valence-corrected chi connectivity index (χ2v) is 5.25. The number of hydrogen-bond acceptors (Lipinski definition) is 3. The monoisotopic (exact) mass is 262 g/mol. The molecule has 0 radical (unpaired) electrons. The van der Waals surface area contributed by atoms with Gasteiger partial charge in [-0.1, -0.05) is 26.3 Å². The van der Waals surface area contributed by atoms with Gasteiger partial charge in [0.1, 0.15) is 6.10 Å². The standard InChI is InChI=1S/C15H22N2O2/c1-3-12(2)10-15(18)17-9-7-13(11-17)19-14-6-4-5-8-16-14/h4-6,8,12-13H,3,7,9-11H2,1-2H3. The number of amides is 1. The predicted molar refractivity (Wildman–Crippen MR) is 73.9 cm³/mol. The predicted octanol–water partition coefficient (Wildman–Crippen LogP) is 2.50. The Morgan fingerprint density at radius 1 is 1.58 bits per heavy atom. The van der Waals surface area contributed by atoms with Crippen LogP contribution < -0.4 is 4.74 Å². The van der Waals surface area contributed by atoms with Crippen LogP contribution >= 0.6 is 0 Å². The Bertz CT molecular complexity index is 408. The van der Waals surface area contributed by atoms with Crippen molar-refractivity contribution in [1.82, 2.24) is 9.88 Å². The molecule has 0 spiro atoms. The quantitative estimate of drug-likeness (QED) is 0.818. The van der Waals surface area contributed by atoms with Gasteiger partial charge in [0.25, 0.3) is 0 Å². The van der Waals surface area contributed by atoms with E-state index in [0.29, 0.717) is 24.8 Å². The number of nitrogens with zero attached hydrogens (tertiary/aromatic N) is 2. The average molecular weight is 262 g/mol. The van der Waals surface area contributed by atoms with Gasteiger partial charge in [-0.15, -0.1) is 0 Å². The van der Waals surface area contributed by atoms with Gasteiger partial charge in [0, 0.05) is 31.6 Å². The minimum absolute atomic E-state index is 0.0794. The molecule has 2 atom stereocenters. The van der Waals surface area contributed by atoms with Crippen LogP contribution in [0.1, 0.15) is 33.1 Å². The van der Waals surface area contributed by atoms with Crippen LogP contribution in [0.15, 0.2) is 24.4 Å². The zero-order valence-electron chi connectivity index (χ0n) is 11.7. The number of hydrogen-bond donors (Lipinski definition) is 0. The molecule has 2 heterocycles. The number of aromatic nitrogens is 1. The average Bonchev–Trinajstić information content (AvgIpc) is 2.88. The van der Waals surface area contributed by atoms with E-state index in [1.807, 2.05) is 23.1 Å². The molecule has 1 aliphatic rings. The van der Waals surface area contributed by atoms with Crippen molar-refractivity contribution in [3.05, 3.63) is 24.4 Å². The van der Waals surface area contributed by atoms with Gasteiger partial charge in [0.15, 0.2) is 0 Å². The van der Waals surface area contributed by atoms with Gasteiger partial charge < -0.3 is 9.64 Å². The summed E-state index contributed by atoms with van der Waals surface area (Å²) < 4.78 is 5.78. The molecule has 0 aliphatic carbocycles. The van der Waals surface area contributed by atoms with Crippen molar-refractivity contribution in [2.24, 2.45) is 5.92 Å². The third kappa shape index (κ3) is 3.94. The highest BCUT2D eigenvalue weighted by Gasteiger charge is 2.28. The van der Waals surface area contributed by atoms with E-state index in [1.54, 1.807) is 6.20 Å². The maximum Gasteiger partial charge on any atom is 0.222 e. The fourth-order valence-electron chi connectivity index (χ4n) is 2.21. The Morgan fingerprint density at radius 3 is 3.11 bits per heavy atom. The van der Waals surface area contributed by atoms with Crippen molar-refractivity contribution in [3.63, 3.8) is 0 Å². The number of carbonyl (C=O) groups excluding carboxylic acids is 1. The summed E-state index contributed by atoms with van der Waals surface area (Å²) in [5.41, 5.74) is 0. The lowest BCUT2D eigenvalue weighted by atomic mass is 10.0. The second kappa shape index (κ2) is 6.55. The first-order chi connectivity index (χ1) is 9.19. The van der Waals surface area contributed by atoms with Crippen LogP contribution in [-0.4, -0.2) is 35.0 Å². The van der Waals surface area contributed by atoms with Crippen LogP contribution in [0.25, 0.3) is 0 Å². The van der Waals surface area contributed by atoms with Gasteiger partial charge in [-0.05, 0) is 12.0 Å². The first-order valence-electron chi connectivity index (χ1n) is 7.04. The summed E-state index contributed by atoms with van der Waals surface area (Å²) in [7, 11) is 0. The van der Waals surface area contributed by atoms with E-state index in [9.17, 15) is 4.79 Å². The van der Waals surface area contributed by atoms with Gasteiger partial charge in [-0.3, -0.25) is 4.79 Å². The molecule has 2 rings (SSSR count). The van der Waals surface area contributed by atoms with Crippen molar-refractivity contribution in [3.8, 4) is 5.88 Å². The molecular weight excluding hydrogens is 240 g/mol. The zero-order chi connectivity index (χ0) is 13.7. The highest BCUT2D eigenvalue weighted by molar-refractivity contribution is 5.76. The first-order valence-corrected chi connectivity index (χ1v) is 7.04.